The Morgan fingerprint density at radius 1 is 1.22 bits per heavy atom. The molecule has 1 fully saturated rings. The average molecular weight is 393 g/mol. The topological polar surface area (TPSA) is 88.8 Å². The third-order valence-electron chi connectivity index (χ3n) is 3.98. The highest BCUT2D eigenvalue weighted by Crippen LogP contribution is 2.22. The van der Waals surface area contributed by atoms with Crippen molar-refractivity contribution in [1.29, 1.82) is 0 Å². The molecule has 2 aromatic heterocycles. The van der Waals surface area contributed by atoms with Gasteiger partial charge >= 0.3 is 0 Å². The molecule has 0 unspecified atom stereocenters. The van der Waals surface area contributed by atoms with E-state index in [4.69, 9.17) is 4.74 Å². The highest BCUT2D eigenvalue weighted by Gasteiger charge is 2.20. The molecule has 0 aliphatic carbocycles. The van der Waals surface area contributed by atoms with Gasteiger partial charge in [0.25, 0.3) is 11.5 Å². The molecule has 1 saturated heterocycles. The maximum atomic E-state index is 13.3. The Kier molecular flexibility index (Phi) is 4.54. The lowest BCUT2D eigenvalue weighted by Crippen LogP contribution is -2.36. The summed E-state index contributed by atoms with van der Waals surface area (Å²) >= 11 is 1.23. The summed E-state index contributed by atoms with van der Waals surface area (Å²) in [6, 6.07) is 2.91. The molecule has 140 valence electrons. The quantitative estimate of drug-likeness (QED) is 0.726. The van der Waals surface area contributed by atoms with Crippen molar-refractivity contribution in [3.8, 4) is 0 Å². The highest BCUT2D eigenvalue weighted by atomic mass is 32.1. The van der Waals surface area contributed by atoms with Crippen molar-refractivity contribution < 1.29 is 18.3 Å². The van der Waals surface area contributed by atoms with E-state index in [1.807, 2.05) is 4.90 Å². The van der Waals surface area contributed by atoms with Crippen molar-refractivity contribution in [2.24, 2.45) is 0 Å². The van der Waals surface area contributed by atoms with E-state index < -0.39 is 23.1 Å². The second kappa shape index (κ2) is 7.00. The number of nitrogens with one attached hydrogen (secondary N) is 1. The van der Waals surface area contributed by atoms with Gasteiger partial charge in [-0.1, -0.05) is 11.3 Å². The smallest absolute Gasteiger partial charge is 0.288 e. The maximum absolute atomic E-state index is 13.3. The minimum Gasteiger partial charge on any atom is -0.378 e. The maximum Gasteiger partial charge on any atom is 0.288 e. The molecule has 27 heavy (non-hydrogen) atoms. The summed E-state index contributed by atoms with van der Waals surface area (Å²) in [7, 11) is 0. The first-order valence-corrected chi connectivity index (χ1v) is 8.82. The molecule has 0 radical (unpaired) electrons. The predicted molar refractivity (Wildman–Crippen MR) is 94.5 cm³/mol. The monoisotopic (exact) mass is 393 g/mol. The molecule has 11 heteroatoms. The second-order valence-corrected chi connectivity index (χ2v) is 6.67. The van der Waals surface area contributed by atoms with Crippen LogP contribution in [-0.4, -0.2) is 46.8 Å². The van der Waals surface area contributed by atoms with Gasteiger partial charge in [0.2, 0.25) is 10.1 Å². The molecule has 1 aromatic carbocycles. The summed E-state index contributed by atoms with van der Waals surface area (Å²) in [6.45, 7) is 2.44. The number of ether oxygens (including phenoxy) is 1. The van der Waals surface area contributed by atoms with Gasteiger partial charge in [-0.3, -0.25) is 9.59 Å². The minimum atomic E-state index is -1.10. The summed E-state index contributed by atoms with van der Waals surface area (Å²) in [4.78, 5) is 31.4. The Bertz CT molecular complexity index is 1080. The zero-order valence-corrected chi connectivity index (χ0v) is 14.6. The molecule has 8 nitrogen and oxygen atoms in total. The Balaban J connectivity index is 1.63. The molecular weight excluding hydrogens is 380 g/mol. The van der Waals surface area contributed by atoms with Crippen molar-refractivity contribution >= 4 is 33.0 Å². The summed E-state index contributed by atoms with van der Waals surface area (Å²) in [5, 5.41) is 7.22. The molecular formula is C16H13F2N5O3S. The Hall–Kier alpha value is -2.92. The number of morpholine rings is 1. The molecule has 1 N–H and O–H groups in total. The number of amides is 1. The number of hydrogen-bond donors (Lipinski definition) is 1. The van der Waals surface area contributed by atoms with Crippen LogP contribution in [-0.2, 0) is 4.74 Å². The lowest BCUT2D eigenvalue weighted by Gasteiger charge is -2.25. The van der Waals surface area contributed by atoms with E-state index in [0.29, 0.717) is 36.4 Å². The van der Waals surface area contributed by atoms with Crippen molar-refractivity contribution in [3.63, 3.8) is 0 Å². The van der Waals surface area contributed by atoms with Crippen LogP contribution in [0.15, 0.2) is 29.2 Å². The van der Waals surface area contributed by atoms with E-state index in [9.17, 15) is 18.4 Å². The van der Waals surface area contributed by atoms with E-state index in [0.717, 1.165) is 22.8 Å². The third-order valence-corrected chi connectivity index (χ3v) is 4.96. The molecule has 3 aromatic rings. The number of carbonyl (C=O) groups excluding carboxylic acids is 1. The molecule has 0 atom stereocenters. The number of rotatable bonds is 3. The van der Waals surface area contributed by atoms with Crippen LogP contribution in [0.3, 0.4) is 0 Å². The van der Waals surface area contributed by atoms with Crippen LogP contribution >= 0.6 is 11.3 Å². The molecule has 0 saturated carbocycles. The first-order valence-electron chi connectivity index (χ1n) is 8.01. The van der Waals surface area contributed by atoms with Gasteiger partial charge in [0, 0.05) is 31.0 Å². The highest BCUT2D eigenvalue weighted by molar-refractivity contribution is 7.20. The van der Waals surface area contributed by atoms with Gasteiger partial charge in [-0.2, -0.15) is 4.52 Å². The van der Waals surface area contributed by atoms with Gasteiger partial charge in [-0.25, -0.2) is 13.8 Å². The molecule has 3 heterocycles. The molecule has 1 aliphatic rings. The van der Waals surface area contributed by atoms with Gasteiger partial charge in [0.05, 0.1) is 13.2 Å². The number of halogens is 2. The molecule has 4 rings (SSSR count). The number of aromatic nitrogens is 3. The first kappa shape index (κ1) is 17.5. The van der Waals surface area contributed by atoms with Crippen molar-refractivity contribution in [3.05, 3.63) is 51.9 Å². The fourth-order valence-electron chi connectivity index (χ4n) is 2.59. The standard InChI is InChI=1S/C16H13F2N5O3S/c17-11-2-1-9(7-12(11)18)20-13(24)10-8-19-15-23(14(10)25)21-16(27-15)22-3-5-26-6-4-22/h1-2,7-8H,3-6H2,(H,20,24). The molecule has 1 amide bonds. The number of benzene rings is 1. The fraction of sp³-hybridized carbons (Fsp3) is 0.250. The van der Waals surface area contributed by atoms with Gasteiger partial charge in [0.15, 0.2) is 11.6 Å². The zero-order valence-electron chi connectivity index (χ0n) is 13.8. The predicted octanol–water partition coefficient (Wildman–Crippen LogP) is 1.52. The van der Waals surface area contributed by atoms with Gasteiger partial charge in [-0.15, -0.1) is 5.10 Å². The third kappa shape index (κ3) is 3.38. The Morgan fingerprint density at radius 2 is 2.00 bits per heavy atom. The number of anilines is 2. The number of nitrogens with zero attached hydrogens (tertiary/aromatic N) is 4. The zero-order chi connectivity index (χ0) is 19.0. The van der Waals surface area contributed by atoms with Gasteiger partial charge in [0.1, 0.15) is 5.56 Å². The molecule has 0 bridgehead atoms. The van der Waals surface area contributed by atoms with Crippen LogP contribution in [0.1, 0.15) is 10.4 Å². The fourth-order valence-corrected chi connectivity index (χ4v) is 3.50. The summed E-state index contributed by atoms with van der Waals surface area (Å²) in [5.74, 6) is -2.92. The lowest BCUT2D eigenvalue weighted by atomic mass is 10.2. The van der Waals surface area contributed by atoms with E-state index in [1.165, 1.54) is 17.4 Å². The molecule has 1 aliphatic heterocycles. The molecule has 0 spiro atoms. The summed E-state index contributed by atoms with van der Waals surface area (Å²) in [5.41, 5.74) is -0.873. The number of carbonyl (C=O) groups is 1. The van der Waals surface area contributed by atoms with Gasteiger partial charge < -0.3 is 15.0 Å². The van der Waals surface area contributed by atoms with Crippen molar-refractivity contribution in [2.45, 2.75) is 0 Å². The van der Waals surface area contributed by atoms with Crippen LogP contribution < -0.4 is 15.8 Å². The number of hydrogen-bond acceptors (Lipinski definition) is 7. The van der Waals surface area contributed by atoms with E-state index in [1.54, 1.807) is 0 Å². The number of fused-ring (bicyclic) bond motifs is 1. The lowest BCUT2D eigenvalue weighted by molar-refractivity contribution is 0.102. The van der Waals surface area contributed by atoms with E-state index >= 15 is 0 Å². The van der Waals surface area contributed by atoms with Crippen LogP contribution in [0.25, 0.3) is 4.96 Å². The largest absolute Gasteiger partial charge is 0.378 e. The van der Waals surface area contributed by atoms with Crippen LogP contribution in [0.2, 0.25) is 0 Å². The Labute approximate surface area is 155 Å². The van der Waals surface area contributed by atoms with Crippen molar-refractivity contribution in [2.75, 3.05) is 36.5 Å². The van der Waals surface area contributed by atoms with Crippen molar-refractivity contribution in [1.82, 2.24) is 14.6 Å². The summed E-state index contributed by atoms with van der Waals surface area (Å²) < 4.78 is 32.6. The van der Waals surface area contributed by atoms with E-state index in [2.05, 4.69) is 15.4 Å². The van der Waals surface area contributed by atoms with E-state index in [-0.39, 0.29) is 11.3 Å². The average Bonchev–Trinajstić information content (AvgIpc) is 3.11. The van der Waals surface area contributed by atoms with Crippen LogP contribution in [0, 0.1) is 11.6 Å². The minimum absolute atomic E-state index is 0.0238. The Morgan fingerprint density at radius 3 is 2.74 bits per heavy atom. The van der Waals surface area contributed by atoms with Crippen LogP contribution in [0.4, 0.5) is 19.6 Å². The SMILES string of the molecule is O=C(Nc1ccc(F)c(F)c1)c1cnc2sc(N3CCOCC3)nn2c1=O. The second-order valence-electron chi connectivity index (χ2n) is 5.74. The normalized spacial score (nSPS) is 14.5. The first-order chi connectivity index (χ1) is 13.0. The summed E-state index contributed by atoms with van der Waals surface area (Å²) in [6.07, 6.45) is 1.15. The van der Waals surface area contributed by atoms with Crippen LogP contribution in [0.5, 0.6) is 0 Å². The van der Waals surface area contributed by atoms with Gasteiger partial charge in [-0.05, 0) is 12.1 Å².